The Labute approximate surface area is 335 Å². The molecule has 296 valence electrons. The Hall–Kier alpha value is -3.17. The van der Waals surface area contributed by atoms with Gasteiger partial charge in [-0.2, -0.15) is 0 Å². The van der Waals surface area contributed by atoms with E-state index in [0.29, 0.717) is 18.4 Å². The van der Waals surface area contributed by atoms with Crippen LogP contribution in [0, 0.1) is 17.3 Å². The molecule has 0 fully saturated rings. The number of allylic oxidation sites excluding steroid dienone is 1. The van der Waals surface area contributed by atoms with Crippen LogP contribution in [0.2, 0.25) is 23.2 Å². The van der Waals surface area contributed by atoms with Crippen LogP contribution < -0.4 is 10.4 Å². The van der Waals surface area contributed by atoms with E-state index in [4.69, 9.17) is 18.0 Å². The average Bonchev–Trinajstić information content (AvgIpc) is 3.74. The fourth-order valence-corrected chi connectivity index (χ4v) is 15.2. The number of rotatable bonds is 13. The maximum atomic E-state index is 7.75. The van der Waals surface area contributed by atoms with Gasteiger partial charge in [0, 0.05) is 17.0 Å². The molecular formula is C49H68O4Si2. The maximum Gasteiger partial charge on any atom is 0.261 e. The average molecular weight is 777 g/mol. The van der Waals surface area contributed by atoms with Gasteiger partial charge in [0.1, 0.15) is 11.9 Å². The first-order chi connectivity index (χ1) is 25.8. The van der Waals surface area contributed by atoms with E-state index >= 15 is 0 Å². The van der Waals surface area contributed by atoms with Crippen LogP contribution in [0.25, 0.3) is 0 Å². The molecule has 2 aliphatic rings. The van der Waals surface area contributed by atoms with Gasteiger partial charge in [-0.1, -0.05) is 160 Å². The van der Waals surface area contributed by atoms with Gasteiger partial charge in [-0.05, 0) is 87.6 Å². The molecule has 2 aliphatic carbocycles. The normalized spacial score (nSPS) is 24.8. The van der Waals surface area contributed by atoms with Crippen molar-refractivity contribution in [3.05, 3.63) is 132 Å². The molecule has 4 nitrogen and oxygen atoms in total. The minimum absolute atomic E-state index is 0.0427. The van der Waals surface area contributed by atoms with E-state index in [2.05, 4.69) is 179 Å². The summed E-state index contributed by atoms with van der Waals surface area (Å²) in [6.45, 7) is 29.0. The quantitative estimate of drug-likeness (QED) is 0.127. The SMILES string of the molecule is CC(C)[C@@H]1[C@H](OCc2ccccc2)C(O[Si](C)(C)C(C)(C)C)=C[C@@]1(C)CC[C@@]1(C)CC[C@@H](O[Si](c2ccccc2)(c2ccccc2)C(C)(C)C)c2cocc21. The molecule has 1 heterocycles. The summed E-state index contributed by atoms with van der Waals surface area (Å²) in [5, 5.41) is 2.61. The van der Waals surface area contributed by atoms with Crippen molar-refractivity contribution in [2.24, 2.45) is 17.3 Å². The van der Waals surface area contributed by atoms with Crippen molar-refractivity contribution < 1.29 is 18.0 Å². The molecule has 0 unspecified atom stereocenters. The molecule has 6 rings (SSSR count). The fourth-order valence-electron chi connectivity index (χ4n) is 9.48. The van der Waals surface area contributed by atoms with E-state index in [1.54, 1.807) is 0 Å². The highest BCUT2D eigenvalue weighted by Gasteiger charge is 2.54. The topological polar surface area (TPSA) is 40.8 Å². The van der Waals surface area contributed by atoms with Crippen LogP contribution in [0.4, 0.5) is 0 Å². The predicted octanol–water partition coefficient (Wildman–Crippen LogP) is 12.5. The Morgan fingerprint density at radius 1 is 0.764 bits per heavy atom. The number of furan rings is 1. The number of hydrogen-bond acceptors (Lipinski definition) is 4. The van der Waals surface area contributed by atoms with Gasteiger partial charge in [0.15, 0.2) is 0 Å². The first kappa shape index (κ1) is 41.5. The number of benzene rings is 3. The summed E-state index contributed by atoms with van der Waals surface area (Å²) in [4.78, 5) is 0. The summed E-state index contributed by atoms with van der Waals surface area (Å²) < 4.78 is 28.1. The first-order valence-electron chi connectivity index (χ1n) is 20.7. The molecule has 0 aliphatic heterocycles. The lowest BCUT2D eigenvalue weighted by molar-refractivity contribution is -0.0302. The molecule has 1 aromatic heterocycles. The predicted molar refractivity (Wildman–Crippen MR) is 234 cm³/mol. The first-order valence-corrected chi connectivity index (χ1v) is 25.6. The van der Waals surface area contributed by atoms with Crippen LogP contribution in [0.5, 0.6) is 0 Å². The third-order valence-corrected chi connectivity index (χ3v) is 23.0. The molecule has 0 radical (unpaired) electrons. The van der Waals surface area contributed by atoms with Crippen LogP contribution in [0.1, 0.15) is 118 Å². The van der Waals surface area contributed by atoms with Gasteiger partial charge >= 0.3 is 0 Å². The molecule has 55 heavy (non-hydrogen) atoms. The zero-order valence-corrected chi connectivity index (χ0v) is 37.9. The van der Waals surface area contributed by atoms with Crippen molar-refractivity contribution in [2.75, 3.05) is 0 Å². The molecule has 0 saturated heterocycles. The number of ether oxygens (including phenoxy) is 1. The summed E-state index contributed by atoms with van der Waals surface area (Å²) in [6.07, 6.45) is 10.4. The lowest BCUT2D eigenvalue weighted by atomic mass is 9.64. The molecule has 3 aromatic carbocycles. The van der Waals surface area contributed by atoms with Gasteiger partial charge in [0.05, 0.1) is 25.2 Å². The minimum Gasteiger partial charge on any atom is -0.545 e. The largest absolute Gasteiger partial charge is 0.545 e. The summed E-state index contributed by atoms with van der Waals surface area (Å²) in [5.41, 5.74) is 3.59. The van der Waals surface area contributed by atoms with Gasteiger partial charge in [-0.15, -0.1) is 0 Å². The third kappa shape index (κ3) is 8.17. The Kier molecular flexibility index (Phi) is 11.8. The molecule has 0 saturated carbocycles. The van der Waals surface area contributed by atoms with Crippen LogP contribution in [-0.4, -0.2) is 22.7 Å². The fraction of sp³-hybridized carbons (Fsp3) is 0.510. The Bertz CT molecular complexity index is 1850. The van der Waals surface area contributed by atoms with Crippen LogP contribution >= 0.6 is 0 Å². The Balaban J connectivity index is 1.31. The van der Waals surface area contributed by atoms with Crippen molar-refractivity contribution in [3.8, 4) is 0 Å². The molecule has 0 bridgehead atoms. The van der Waals surface area contributed by atoms with Gasteiger partial charge < -0.3 is 18.0 Å². The molecule has 0 amide bonds. The van der Waals surface area contributed by atoms with Crippen LogP contribution in [0.15, 0.2) is 120 Å². The second-order valence-corrected chi connectivity index (χ2v) is 29.0. The number of fused-ring (bicyclic) bond motifs is 1. The Morgan fingerprint density at radius 2 is 1.33 bits per heavy atom. The second-order valence-electron chi connectivity index (χ2n) is 20.0. The summed E-state index contributed by atoms with van der Waals surface area (Å²) in [6, 6.07) is 32.6. The van der Waals surface area contributed by atoms with Crippen molar-refractivity contribution >= 4 is 27.0 Å². The van der Waals surface area contributed by atoms with Gasteiger partial charge in [-0.3, -0.25) is 0 Å². The molecular weight excluding hydrogens is 709 g/mol. The van der Waals surface area contributed by atoms with E-state index in [0.717, 1.165) is 31.4 Å². The van der Waals surface area contributed by atoms with E-state index in [9.17, 15) is 0 Å². The molecule has 0 N–H and O–H groups in total. The van der Waals surface area contributed by atoms with Gasteiger partial charge in [0.2, 0.25) is 8.32 Å². The highest BCUT2D eigenvalue weighted by atomic mass is 28.4. The Morgan fingerprint density at radius 3 is 1.85 bits per heavy atom. The summed E-state index contributed by atoms with van der Waals surface area (Å²) >= 11 is 0. The van der Waals surface area contributed by atoms with Crippen LogP contribution in [-0.2, 0) is 25.6 Å². The van der Waals surface area contributed by atoms with Crippen LogP contribution in [0.3, 0.4) is 0 Å². The highest BCUT2D eigenvalue weighted by Crippen LogP contribution is 2.55. The van der Waals surface area contributed by atoms with Crippen molar-refractivity contribution in [3.63, 3.8) is 0 Å². The monoisotopic (exact) mass is 776 g/mol. The standard InChI is InChI=1S/C49H68O4Si2/c1-36(2)44-45(51-33-37-22-16-13-17-23-37)43(52-54(11,12)46(3,4)5)32-49(44,10)31-30-48(9)29-28-42(40-34-50-35-41(40)48)53-55(47(6,7)8,38-24-18-14-19-25-38)39-26-20-15-21-27-39/h13-27,32,34-36,42,44-45H,28-31,33H2,1-12H3/t42-,44-,45-,48-,49-/m1/s1. The lowest BCUT2D eigenvalue weighted by Gasteiger charge is -2.47. The van der Waals surface area contributed by atoms with E-state index in [1.807, 2.05) is 12.5 Å². The van der Waals surface area contributed by atoms with E-state index in [1.165, 1.54) is 27.1 Å². The van der Waals surface area contributed by atoms with Gasteiger partial charge in [-0.25, -0.2) is 0 Å². The molecule has 0 spiro atoms. The summed E-state index contributed by atoms with van der Waals surface area (Å²) in [5.74, 6) is 1.76. The van der Waals surface area contributed by atoms with Crippen molar-refractivity contribution in [1.29, 1.82) is 0 Å². The lowest BCUT2D eigenvalue weighted by Crippen LogP contribution is -2.67. The maximum absolute atomic E-state index is 7.75. The third-order valence-electron chi connectivity index (χ3n) is 13.6. The van der Waals surface area contributed by atoms with E-state index in [-0.39, 0.29) is 33.1 Å². The molecule has 6 heteroatoms. The van der Waals surface area contributed by atoms with Gasteiger partial charge in [0.25, 0.3) is 8.32 Å². The number of hydrogen-bond donors (Lipinski definition) is 0. The zero-order chi connectivity index (χ0) is 39.9. The molecule has 5 atom stereocenters. The highest BCUT2D eigenvalue weighted by molar-refractivity contribution is 6.99. The minimum atomic E-state index is -2.75. The van der Waals surface area contributed by atoms with Crippen molar-refractivity contribution in [1.82, 2.24) is 0 Å². The smallest absolute Gasteiger partial charge is 0.261 e. The van der Waals surface area contributed by atoms with E-state index < -0.39 is 16.6 Å². The zero-order valence-electron chi connectivity index (χ0n) is 35.9. The second kappa shape index (κ2) is 15.6. The molecule has 4 aromatic rings. The van der Waals surface area contributed by atoms with Crippen molar-refractivity contribution in [2.45, 2.75) is 142 Å². The summed E-state index contributed by atoms with van der Waals surface area (Å²) in [7, 11) is -4.87.